The summed E-state index contributed by atoms with van der Waals surface area (Å²) in [6.45, 7) is 0. The van der Waals surface area contributed by atoms with Crippen LogP contribution < -0.4 is 11.5 Å². The van der Waals surface area contributed by atoms with Gasteiger partial charge in [0.25, 0.3) is 0 Å². The summed E-state index contributed by atoms with van der Waals surface area (Å²) in [7, 11) is 0. The van der Waals surface area contributed by atoms with E-state index in [1.54, 1.807) is 36.4 Å². The van der Waals surface area contributed by atoms with Gasteiger partial charge in [0.05, 0.1) is 5.69 Å². The Morgan fingerprint density at radius 1 is 1.00 bits per heavy atom. The summed E-state index contributed by atoms with van der Waals surface area (Å²) in [4.78, 5) is 15.7. The molecule has 0 bridgehead atoms. The minimum Gasteiger partial charge on any atom is -0.399 e. The highest BCUT2D eigenvalue weighted by Gasteiger charge is 2.10. The number of nitrogens with two attached hydrogens (primary N) is 2. The number of hydrogen-bond donors (Lipinski definition) is 2. The van der Waals surface area contributed by atoms with Crippen molar-refractivity contribution in [2.75, 3.05) is 5.73 Å². The lowest BCUT2D eigenvalue weighted by Crippen LogP contribution is -2.14. The molecule has 1 aromatic rings. The van der Waals surface area contributed by atoms with Crippen LogP contribution in [0.5, 0.6) is 0 Å². The topological polar surface area (TPSA) is 81.5 Å². The lowest BCUT2D eigenvalue weighted by atomic mass is 10.1. The molecular formula is C12H11N3O. The molecule has 0 heterocycles. The van der Waals surface area contributed by atoms with E-state index in [0.717, 1.165) is 0 Å². The van der Waals surface area contributed by atoms with Gasteiger partial charge in [0, 0.05) is 17.5 Å². The predicted octanol–water partition coefficient (Wildman–Crippen LogP) is 1.32. The molecule has 80 valence electrons. The highest BCUT2D eigenvalue weighted by Crippen LogP contribution is 2.15. The number of carbonyl (C=O) groups excluding carboxylic acids is 1. The van der Waals surface area contributed by atoms with E-state index in [1.807, 2.05) is 0 Å². The SMILES string of the molecule is NC1=CC(=O)C(=Nc2ccc(N)cc2)C=C1. The Kier molecular flexibility index (Phi) is 2.55. The number of carbonyl (C=O) groups is 1. The standard InChI is InChI=1S/C12H11N3O/c13-8-1-4-10(5-2-8)15-11-6-3-9(14)7-12(11)16/h1-7H,13-14H2. The first-order chi connectivity index (χ1) is 7.65. The Labute approximate surface area is 93.0 Å². The third-order valence-corrected chi connectivity index (χ3v) is 2.13. The lowest BCUT2D eigenvalue weighted by Gasteiger charge is -2.03. The molecule has 0 amide bonds. The van der Waals surface area contributed by atoms with Gasteiger partial charge in [-0.1, -0.05) is 0 Å². The fourth-order valence-electron chi connectivity index (χ4n) is 1.31. The van der Waals surface area contributed by atoms with Gasteiger partial charge in [-0.15, -0.1) is 0 Å². The molecule has 4 N–H and O–H groups in total. The van der Waals surface area contributed by atoms with Crippen molar-refractivity contribution in [3.05, 3.63) is 48.2 Å². The molecule has 4 heteroatoms. The highest BCUT2D eigenvalue weighted by molar-refractivity contribution is 6.49. The molecule has 4 nitrogen and oxygen atoms in total. The van der Waals surface area contributed by atoms with Gasteiger partial charge in [0.1, 0.15) is 5.71 Å². The van der Waals surface area contributed by atoms with Crippen molar-refractivity contribution >= 4 is 22.9 Å². The quantitative estimate of drug-likeness (QED) is 0.545. The van der Waals surface area contributed by atoms with E-state index in [9.17, 15) is 4.79 Å². The van der Waals surface area contributed by atoms with E-state index in [2.05, 4.69) is 4.99 Å². The minimum atomic E-state index is -0.183. The summed E-state index contributed by atoms with van der Waals surface area (Å²) in [6, 6.07) is 6.98. The van der Waals surface area contributed by atoms with Gasteiger partial charge in [0.2, 0.25) is 5.78 Å². The Morgan fingerprint density at radius 3 is 2.31 bits per heavy atom. The van der Waals surface area contributed by atoms with E-state index < -0.39 is 0 Å². The number of ketones is 1. The van der Waals surface area contributed by atoms with Crippen LogP contribution in [0.15, 0.2) is 53.2 Å². The van der Waals surface area contributed by atoms with Gasteiger partial charge >= 0.3 is 0 Å². The van der Waals surface area contributed by atoms with Crippen molar-refractivity contribution in [3.63, 3.8) is 0 Å². The van der Waals surface area contributed by atoms with Crippen LogP contribution in [0.3, 0.4) is 0 Å². The molecule has 1 aliphatic rings. The van der Waals surface area contributed by atoms with Crippen LogP contribution in [0.4, 0.5) is 11.4 Å². The fourth-order valence-corrected chi connectivity index (χ4v) is 1.31. The summed E-state index contributed by atoms with van der Waals surface area (Å²) in [5, 5.41) is 0. The first-order valence-electron chi connectivity index (χ1n) is 4.79. The average molecular weight is 213 g/mol. The summed E-state index contributed by atoms with van der Waals surface area (Å²) in [5.41, 5.74) is 13.2. The second-order valence-electron chi connectivity index (χ2n) is 3.43. The minimum absolute atomic E-state index is 0.183. The maximum Gasteiger partial charge on any atom is 0.206 e. The zero-order valence-corrected chi connectivity index (χ0v) is 8.55. The summed E-state index contributed by atoms with van der Waals surface area (Å²) in [5.74, 6) is -0.183. The van der Waals surface area contributed by atoms with Gasteiger partial charge in [-0.3, -0.25) is 4.79 Å². The Hall–Kier alpha value is -2.36. The van der Waals surface area contributed by atoms with E-state index in [4.69, 9.17) is 11.5 Å². The van der Waals surface area contributed by atoms with Crippen LogP contribution >= 0.6 is 0 Å². The second kappa shape index (κ2) is 4.02. The van der Waals surface area contributed by atoms with Gasteiger partial charge in [-0.05, 0) is 36.4 Å². The molecule has 0 saturated carbocycles. The van der Waals surface area contributed by atoms with Crippen LogP contribution in [-0.2, 0) is 4.79 Å². The van der Waals surface area contributed by atoms with Gasteiger partial charge < -0.3 is 11.5 Å². The molecule has 0 atom stereocenters. The van der Waals surface area contributed by atoms with Gasteiger partial charge in [-0.25, -0.2) is 4.99 Å². The maximum absolute atomic E-state index is 11.5. The van der Waals surface area contributed by atoms with Crippen molar-refractivity contribution < 1.29 is 4.79 Å². The number of benzene rings is 1. The third-order valence-electron chi connectivity index (χ3n) is 2.13. The molecule has 0 aliphatic heterocycles. The molecule has 0 saturated heterocycles. The van der Waals surface area contributed by atoms with Crippen LogP contribution in [0.2, 0.25) is 0 Å². The second-order valence-corrected chi connectivity index (χ2v) is 3.43. The molecule has 1 aromatic carbocycles. The van der Waals surface area contributed by atoms with Crippen molar-refractivity contribution in [2.24, 2.45) is 10.7 Å². The first kappa shape index (κ1) is 10.2. The fraction of sp³-hybridized carbons (Fsp3) is 0. The van der Waals surface area contributed by atoms with Crippen LogP contribution in [-0.4, -0.2) is 11.5 Å². The van der Waals surface area contributed by atoms with E-state index in [-0.39, 0.29) is 5.78 Å². The maximum atomic E-state index is 11.5. The molecule has 0 fully saturated rings. The first-order valence-corrected chi connectivity index (χ1v) is 4.79. The molecule has 0 spiro atoms. The van der Waals surface area contributed by atoms with Crippen molar-refractivity contribution in [3.8, 4) is 0 Å². The largest absolute Gasteiger partial charge is 0.399 e. The number of allylic oxidation sites excluding steroid dienone is 3. The number of hydrogen-bond acceptors (Lipinski definition) is 4. The Bertz CT molecular complexity index is 510. The number of nitrogens with zero attached hydrogens (tertiary/aromatic N) is 1. The Balaban J connectivity index is 2.29. The molecule has 2 rings (SSSR count). The van der Waals surface area contributed by atoms with E-state index >= 15 is 0 Å². The smallest absolute Gasteiger partial charge is 0.206 e. The molecular weight excluding hydrogens is 202 g/mol. The van der Waals surface area contributed by atoms with E-state index in [1.165, 1.54) is 6.08 Å². The normalized spacial score (nSPS) is 17.6. The van der Waals surface area contributed by atoms with Crippen LogP contribution in [0.1, 0.15) is 0 Å². The molecule has 0 radical (unpaired) electrons. The van der Waals surface area contributed by atoms with Crippen LogP contribution in [0, 0.1) is 0 Å². The molecule has 0 aromatic heterocycles. The zero-order valence-electron chi connectivity index (χ0n) is 8.55. The van der Waals surface area contributed by atoms with Gasteiger partial charge in [0.15, 0.2) is 0 Å². The Morgan fingerprint density at radius 2 is 1.69 bits per heavy atom. The van der Waals surface area contributed by atoms with Crippen molar-refractivity contribution in [2.45, 2.75) is 0 Å². The number of nitrogen functional groups attached to an aromatic ring is 1. The molecule has 16 heavy (non-hydrogen) atoms. The number of rotatable bonds is 1. The van der Waals surface area contributed by atoms with Crippen molar-refractivity contribution in [1.82, 2.24) is 0 Å². The van der Waals surface area contributed by atoms with E-state index in [0.29, 0.717) is 22.8 Å². The summed E-state index contributed by atoms with van der Waals surface area (Å²) >= 11 is 0. The summed E-state index contributed by atoms with van der Waals surface area (Å²) in [6.07, 6.45) is 4.61. The average Bonchev–Trinajstić information content (AvgIpc) is 2.25. The summed E-state index contributed by atoms with van der Waals surface area (Å²) < 4.78 is 0. The number of anilines is 1. The highest BCUT2D eigenvalue weighted by atomic mass is 16.1. The number of aliphatic imine (C=N–C) groups is 1. The lowest BCUT2D eigenvalue weighted by molar-refractivity contribution is -0.108. The van der Waals surface area contributed by atoms with Crippen LogP contribution in [0.25, 0.3) is 0 Å². The molecule has 0 unspecified atom stereocenters. The zero-order chi connectivity index (χ0) is 11.5. The molecule has 1 aliphatic carbocycles. The predicted molar refractivity (Wildman–Crippen MR) is 64.4 cm³/mol. The third kappa shape index (κ3) is 2.17. The monoisotopic (exact) mass is 213 g/mol. The van der Waals surface area contributed by atoms with Gasteiger partial charge in [-0.2, -0.15) is 0 Å². The van der Waals surface area contributed by atoms with Crippen molar-refractivity contribution in [1.29, 1.82) is 0 Å².